The summed E-state index contributed by atoms with van der Waals surface area (Å²) in [6, 6.07) is 1.07. The molecule has 0 aromatic heterocycles. The summed E-state index contributed by atoms with van der Waals surface area (Å²) >= 11 is 0. The van der Waals surface area contributed by atoms with Gasteiger partial charge >= 0.3 is 11.9 Å². The van der Waals surface area contributed by atoms with E-state index in [1.807, 2.05) is 0 Å². The maximum Gasteiger partial charge on any atom is 0.328 e. The van der Waals surface area contributed by atoms with Crippen LogP contribution in [0.3, 0.4) is 0 Å². The Bertz CT molecular complexity index is 298. The first-order chi connectivity index (χ1) is 8.88. The van der Waals surface area contributed by atoms with Crippen LogP contribution in [0.2, 0.25) is 0 Å². The fraction of sp³-hybridized carbons (Fsp3) is 0.692. The van der Waals surface area contributed by atoms with Gasteiger partial charge in [-0.3, -0.25) is 0 Å². The Morgan fingerprint density at radius 2 is 1.68 bits per heavy atom. The second-order valence-electron chi connectivity index (χ2n) is 4.60. The van der Waals surface area contributed by atoms with E-state index in [1.165, 1.54) is 25.7 Å². The largest absolute Gasteiger partial charge is 0.478 e. The first kappa shape index (κ1) is 17.6. The van der Waals surface area contributed by atoms with E-state index < -0.39 is 11.9 Å². The van der Waals surface area contributed by atoms with Crippen LogP contribution < -0.4 is 5.73 Å². The summed E-state index contributed by atoms with van der Waals surface area (Å²) in [6.45, 7) is 3.32. The molecule has 0 radical (unpaired) electrons. The quantitative estimate of drug-likeness (QED) is 0.657. The van der Waals surface area contributed by atoms with Crippen LogP contribution in [-0.4, -0.2) is 52.7 Å². The average Bonchev–Trinajstić information content (AvgIpc) is 2.37. The van der Waals surface area contributed by atoms with Crippen molar-refractivity contribution in [2.75, 3.05) is 13.6 Å². The number of rotatable bonds is 4. The molecule has 0 aromatic carbocycles. The molecule has 6 nitrogen and oxygen atoms in total. The van der Waals surface area contributed by atoms with Gasteiger partial charge in [-0.2, -0.15) is 0 Å². The van der Waals surface area contributed by atoms with Crippen LogP contribution in [0.5, 0.6) is 0 Å². The lowest BCUT2D eigenvalue weighted by Gasteiger charge is -2.35. The Balaban J connectivity index is 0.000000362. The number of hydrogen-bond acceptors (Lipinski definition) is 4. The fourth-order valence-electron chi connectivity index (χ4n) is 2.06. The molecule has 1 rings (SSSR count). The summed E-state index contributed by atoms with van der Waals surface area (Å²) < 4.78 is 0. The Kier molecular flexibility index (Phi) is 8.82. The second-order valence-corrected chi connectivity index (χ2v) is 4.60. The van der Waals surface area contributed by atoms with Gasteiger partial charge in [0, 0.05) is 24.2 Å². The summed E-state index contributed by atoms with van der Waals surface area (Å²) in [4.78, 5) is 21.5. The zero-order chi connectivity index (χ0) is 14.8. The van der Waals surface area contributed by atoms with Gasteiger partial charge in [0.1, 0.15) is 0 Å². The van der Waals surface area contributed by atoms with Crippen molar-refractivity contribution in [1.29, 1.82) is 0 Å². The van der Waals surface area contributed by atoms with Crippen molar-refractivity contribution in [2.45, 2.75) is 44.7 Å². The molecule has 0 unspecified atom stereocenters. The number of carboxylic acids is 2. The Labute approximate surface area is 113 Å². The van der Waals surface area contributed by atoms with Gasteiger partial charge in [0.05, 0.1) is 0 Å². The smallest absolute Gasteiger partial charge is 0.328 e. The van der Waals surface area contributed by atoms with E-state index >= 15 is 0 Å². The van der Waals surface area contributed by atoms with E-state index in [1.54, 1.807) is 0 Å². The first-order valence-corrected chi connectivity index (χ1v) is 6.48. The minimum absolute atomic E-state index is 0.425. The monoisotopic (exact) mass is 272 g/mol. The molecule has 0 bridgehead atoms. The fourth-order valence-corrected chi connectivity index (χ4v) is 2.06. The highest BCUT2D eigenvalue weighted by Gasteiger charge is 2.23. The molecule has 6 heteroatoms. The van der Waals surface area contributed by atoms with E-state index in [0.717, 1.165) is 6.54 Å². The minimum atomic E-state index is -1.26. The lowest BCUT2D eigenvalue weighted by atomic mass is 9.90. The standard InChI is InChI=1S/C9H20N2.C4H4O4/c1-3-11(2)9-7-5-4-6-8(9)10;5-3(6)1-2-4(7)8/h8-9H,3-7,10H2,1-2H3;1-2H,(H,5,6)(H,7,8)/b;2-1-/t8-,9-;/m1./s1. The third kappa shape index (κ3) is 8.34. The van der Waals surface area contributed by atoms with Gasteiger partial charge in [-0.05, 0) is 26.4 Å². The maximum atomic E-state index is 9.55. The minimum Gasteiger partial charge on any atom is -0.478 e. The SMILES string of the molecule is CCN(C)[C@@H]1CCCC[C@H]1N.O=C(O)/C=C\C(=O)O. The van der Waals surface area contributed by atoms with E-state index in [2.05, 4.69) is 18.9 Å². The number of nitrogens with two attached hydrogens (primary N) is 1. The lowest BCUT2D eigenvalue weighted by molar-refractivity contribution is -0.134. The topological polar surface area (TPSA) is 104 Å². The van der Waals surface area contributed by atoms with Crippen molar-refractivity contribution in [3.8, 4) is 0 Å². The van der Waals surface area contributed by atoms with Gasteiger partial charge in [-0.15, -0.1) is 0 Å². The number of carbonyl (C=O) groups is 2. The molecular weight excluding hydrogens is 248 g/mol. The molecular formula is C13H24N2O4. The molecule has 0 spiro atoms. The first-order valence-electron chi connectivity index (χ1n) is 6.48. The maximum absolute atomic E-state index is 9.55. The van der Waals surface area contributed by atoms with Crippen molar-refractivity contribution in [2.24, 2.45) is 5.73 Å². The van der Waals surface area contributed by atoms with Crippen molar-refractivity contribution < 1.29 is 19.8 Å². The highest BCUT2D eigenvalue weighted by Crippen LogP contribution is 2.20. The van der Waals surface area contributed by atoms with Crippen LogP contribution in [0.15, 0.2) is 12.2 Å². The van der Waals surface area contributed by atoms with Crippen molar-refractivity contribution >= 4 is 11.9 Å². The van der Waals surface area contributed by atoms with Crippen LogP contribution in [0, 0.1) is 0 Å². The van der Waals surface area contributed by atoms with E-state index in [9.17, 15) is 9.59 Å². The van der Waals surface area contributed by atoms with Gasteiger partial charge in [-0.25, -0.2) is 9.59 Å². The number of carboxylic acid groups (broad SMARTS) is 2. The molecule has 1 aliphatic carbocycles. The van der Waals surface area contributed by atoms with Gasteiger partial charge in [0.25, 0.3) is 0 Å². The van der Waals surface area contributed by atoms with E-state index in [-0.39, 0.29) is 0 Å². The van der Waals surface area contributed by atoms with E-state index in [4.69, 9.17) is 15.9 Å². The number of likely N-dealkylation sites (N-methyl/N-ethyl adjacent to an activating group) is 1. The zero-order valence-corrected chi connectivity index (χ0v) is 11.6. The second kappa shape index (κ2) is 9.52. The van der Waals surface area contributed by atoms with Crippen molar-refractivity contribution in [3.63, 3.8) is 0 Å². The highest BCUT2D eigenvalue weighted by atomic mass is 16.4. The average molecular weight is 272 g/mol. The van der Waals surface area contributed by atoms with Crippen molar-refractivity contribution in [3.05, 3.63) is 12.2 Å². The Morgan fingerprint density at radius 3 is 2.05 bits per heavy atom. The molecule has 4 N–H and O–H groups in total. The van der Waals surface area contributed by atoms with Gasteiger partial charge in [0.15, 0.2) is 0 Å². The molecule has 19 heavy (non-hydrogen) atoms. The predicted molar refractivity (Wildman–Crippen MR) is 72.9 cm³/mol. The summed E-state index contributed by atoms with van der Waals surface area (Å²) in [5.74, 6) is -2.51. The molecule has 0 aromatic rings. The Morgan fingerprint density at radius 1 is 1.21 bits per heavy atom. The number of hydrogen-bond donors (Lipinski definition) is 3. The van der Waals surface area contributed by atoms with Crippen LogP contribution in [-0.2, 0) is 9.59 Å². The predicted octanol–water partition coefficient (Wildman–Crippen LogP) is 0.920. The third-order valence-electron chi connectivity index (χ3n) is 3.22. The molecule has 1 saturated carbocycles. The number of aliphatic carboxylic acids is 2. The van der Waals surface area contributed by atoms with Gasteiger partial charge in [0.2, 0.25) is 0 Å². The van der Waals surface area contributed by atoms with Crippen LogP contribution in [0.4, 0.5) is 0 Å². The zero-order valence-electron chi connectivity index (χ0n) is 11.6. The number of nitrogens with zero attached hydrogens (tertiary/aromatic N) is 1. The molecule has 0 aliphatic heterocycles. The molecule has 2 atom stereocenters. The van der Waals surface area contributed by atoms with Crippen LogP contribution in [0.25, 0.3) is 0 Å². The van der Waals surface area contributed by atoms with Crippen LogP contribution >= 0.6 is 0 Å². The lowest BCUT2D eigenvalue weighted by Crippen LogP contribution is -2.47. The summed E-state index contributed by atoms with van der Waals surface area (Å²) in [5.41, 5.74) is 6.01. The summed E-state index contributed by atoms with van der Waals surface area (Å²) in [5, 5.41) is 15.6. The van der Waals surface area contributed by atoms with Crippen LogP contribution in [0.1, 0.15) is 32.6 Å². The molecule has 1 aliphatic rings. The van der Waals surface area contributed by atoms with Gasteiger partial charge < -0.3 is 20.8 Å². The highest BCUT2D eigenvalue weighted by molar-refractivity contribution is 5.89. The van der Waals surface area contributed by atoms with Gasteiger partial charge in [-0.1, -0.05) is 19.8 Å². The summed E-state index contributed by atoms with van der Waals surface area (Å²) in [6.07, 6.45) is 6.32. The molecule has 1 fully saturated rings. The summed E-state index contributed by atoms with van der Waals surface area (Å²) in [7, 11) is 2.18. The van der Waals surface area contributed by atoms with E-state index in [0.29, 0.717) is 24.2 Å². The molecule has 0 heterocycles. The molecule has 110 valence electrons. The molecule has 0 saturated heterocycles. The Hall–Kier alpha value is -1.40. The normalized spacial score (nSPS) is 22.9. The van der Waals surface area contributed by atoms with Crippen molar-refractivity contribution in [1.82, 2.24) is 4.90 Å². The third-order valence-corrected chi connectivity index (χ3v) is 3.22. The molecule has 0 amide bonds.